The molecule has 4 nitrogen and oxygen atoms in total. The van der Waals surface area contributed by atoms with Crippen LogP contribution in [-0.2, 0) is 16.1 Å². The fourth-order valence-electron chi connectivity index (χ4n) is 2.45. The predicted molar refractivity (Wildman–Crippen MR) is 92.7 cm³/mol. The van der Waals surface area contributed by atoms with Gasteiger partial charge in [-0.05, 0) is 25.5 Å². The average Bonchev–Trinajstić information content (AvgIpc) is 3.09. The molecule has 1 aliphatic heterocycles. The highest BCUT2D eigenvalue weighted by Crippen LogP contribution is 2.19. The zero-order valence-electron chi connectivity index (χ0n) is 13.6. The molecule has 130 valence electrons. The van der Waals surface area contributed by atoms with Crippen molar-refractivity contribution >= 4 is 17.5 Å². The van der Waals surface area contributed by atoms with E-state index in [2.05, 4.69) is 10.6 Å². The van der Waals surface area contributed by atoms with Crippen molar-refractivity contribution in [1.82, 2.24) is 10.6 Å². The lowest BCUT2D eigenvalue weighted by molar-refractivity contribution is -0.121. The number of rotatable bonds is 8. The second kappa shape index (κ2) is 9.33. The normalized spacial score (nSPS) is 16.5. The summed E-state index contributed by atoms with van der Waals surface area (Å²) in [5, 5.41) is 6.14. The van der Waals surface area contributed by atoms with E-state index in [9.17, 15) is 9.18 Å². The minimum absolute atomic E-state index is 0.0695. The van der Waals surface area contributed by atoms with Crippen LogP contribution in [0.3, 0.4) is 0 Å². The maximum absolute atomic E-state index is 13.8. The van der Waals surface area contributed by atoms with Gasteiger partial charge < -0.3 is 15.4 Å². The zero-order chi connectivity index (χ0) is 17.4. The molecule has 1 aromatic carbocycles. The Morgan fingerprint density at radius 3 is 2.88 bits per heavy atom. The van der Waals surface area contributed by atoms with Gasteiger partial charge in [-0.2, -0.15) is 0 Å². The number of alkyl halides is 1. The van der Waals surface area contributed by atoms with Crippen LogP contribution in [0, 0.1) is 5.82 Å². The van der Waals surface area contributed by atoms with E-state index in [0.29, 0.717) is 37.3 Å². The molecule has 2 N–H and O–H groups in total. The molecule has 0 aromatic heterocycles. The summed E-state index contributed by atoms with van der Waals surface area (Å²) in [7, 11) is 0. The average molecular weight is 353 g/mol. The standard InChI is InChI=1S/C18H22ClFN2O2/c1-13(22-17(23)9-4-10-19)18(16-8-5-11-24-16)21-12-14-6-2-3-7-15(14)20/h2-3,5-7,11,13,21H,4,8-10,12H2,1H3,(H,22,23)/t13-/m1/s1. The van der Waals surface area contributed by atoms with Crippen molar-refractivity contribution in [3.8, 4) is 0 Å². The molecule has 0 bridgehead atoms. The Kier molecular flexibility index (Phi) is 7.12. The number of nitrogens with one attached hydrogen (secondary N) is 2. The van der Waals surface area contributed by atoms with Crippen LogP contribution < -0.4 is 10.6 Å². The number of amides is 1. The minimum atomic E-state index is -0.269. The summed E-state index contributed by atoms with van der Waals surface area (Å²) in [4.78, 5) is 11.9. The van der Waals surface area contributed by atoms with Crippen molar-refractivity contribution in [1.29, 1.82) is 0 Å². The van der Waals surface area contributed by atoms with Crippen LogP contribution >= 0.6 is 11.6 Å². The van der Waals surface area contributed by atoms with Gasteiger partial charge in [-0.3, -0.25) is 4.79 Å². The third kappa shape index (κ3) is 5.27. The van der Waals surface area contributed by atoms with Gasteiger partial charge in [0.15, 0.2) is 0 Å². The van der Waals surface area contributed by atoms with Crippen LogP contribution in [-0.4, -0.2) is 17.8 Å². The smallest absolute Gasteiger partial charge is 0.220 e. The van der Waals surface area contributed by atoms with Gasteiger partial charge in [-0.15, -0.1) is 11.6 Å². The van der Waals surface area contributed by atoms with Gasteiger partial charge in [0, 0.05) is 30.8 Å². The number of allylic oxidation sites excluding steroid dienone is 1. The van der Waals surface area contributed by atoms with Crippen molar-refractivity contribution < 1.29 is 13.9 Å². The first kappa shape index (κ1) is 18.3. The lowest BCUT2D eigenvalue weighted by Crippen LogP contribution is -2.39. The Morgan fingerprint density at radius 2 is 2.21 bits per heavy atom. The molecule has 0 spiro atoms. The van der Waals surface area contributed by atoms with E-state index in [1.165, 1.54) is 6.07 Å². The van der Waals surface area contributed by atoms with E-state index in [1.807, 2.05) is 13.0 Å². The molecule has 0 fully saturated rings. The largest absolute Gasteiger partial charge is 0.467 e. The van der Waals surface area contributed by atoms with Gasteiger partial charge in [0.1, 0.15) is 11.6 Å². The number of ether oxygens (including phenoxy) is 1. The molecule has 0 saturated carbocycles. The van der Waals surface area contributed by atoms with E-state index in [1.54, 1.807) is 24.5 Å². The maximum atomic E-state index is 13.8. The van der Waals surface area contributed by atoms with Crippen LogP contribution in [0.2, 0.25) is 0 Å². The van der Waals surface area contributed by atoms with Crippen molar-refractivity contribution in [2.24, 2.45) is 0 Å². The summed E-state index contributed by atoms with van der Waals surface area (Å²) in [6, 6.07) is 6.33. The second-order valence-corrected chi connectivity index (χ2v) is 5.94. The maximum Gasteiger partial charge on any atom is 0.220 e. The molecular formula is C18H22ClFN2O2. The number of hydrogen-bond donors (Lipinski definition) is 2. The third-order valence-corrected chi connectivity index (χ3v) is 3.95. The Bertz CT molecular complexity index is 621. The van der Waals surface area contributed by atoms with E-state index in [4.69, 9.17) is 16.3 Å². The summed E-state index contributed by atoms with van der Waals surface area (Å²) in [5.41, 5.74) is 1.31. The Labute approximate surface area is 146 Å². The van der Waals surface area contributed by atoms with Gasteiger partial charge >= 0.3 is 0 Å². The third-order valence-electron chi connectivity index (χ3n) is 3.69. The molecule has 0 aliphatic carbocycles. The molecule has 0 saturated heterocycles. The molecule has 1 atom stereocenters. The summed E-state index contributed by atoms with van der Waals surface area (Å²) in [6.07, 6.45) is 5.15. The van der Waals surface area contributed by atoms with Crippen molar-refractivity contribution in [2.75, 3.05) is 5.88 Å². The molecule has 1 amide bonds. The molecule has 1 heterocycles. The summed E-state index contributed by atoms with van der Waals surface area (Å²) < 4.78 is 19.3. The molecule has 24 heavy (non-hydrogen) atoms. The molecule has 0 radical (unpaired) electrons. The Balaban J connectivity index is 2.04. The van der Waals surface area contributed by atoms with Gasteiger partial charge in [-0.1, -0.05) is 18.2 Å². The number of halogens is 2. The monoisotopic (exact) mass is 352 g/mol. The number of carbonyl (C=O) groups is 1. The first-order valence-corrected chi connectivity index (χ1v) is 8.52. The predicted octanol–water partition coefficient (Wildman–Crippen LogP) is 3.58. The van der Waals surface area contributed by atoms with Gasteiger partial charge in [0.25, 0.3) is 0 Å². The first-order chi connectivity index (χ1) is 11.6. The SMILES string of the molecule is C[C@@H](NC(=O)CCCCl)C(NCc1ccccc1F)=C1CC=CO1. The highest BCUT2D eigenvalue weighted by molar-refractivity contribution is 6.17. The van der Waals surface area contributed by atoms with Gasteiger partial charge in [-0.25, -0.2) is 4.39 Å². The van der Waals surface area contributed by atoms with E-state index in [0.717, 1.165) is 11.5 Å². The highest BCUT2D eigenvalue weighted by atomic mass is 35.5. The van der Waals surface area contributed by atoms with Crippen molar-refractivity contribution in [3.05, 3.63) is 59.4 Å². The second-order valence-electron chi connectivity index (χ2n) is 5.56. The molecule has 1 aromatic rings. The van der Waals surface area contributed by atoms with Crippen molar-refractivity contribution in [3.63, 3.8) is 0 Å². The van der Waals surface area contributed by atoms with Crippen LogP contribution in [0.5, 0.6) is 0 Å². The quantitative estimate of drug-likeness (QED) is 0.703. The lowest BCUT2D eigenvalue weighted by atomic mass is 10.1. The summed E-state index contributed by atoms with van der Waals surface area (Å²) >= 11 is 5.62. The fourth-order valence-corrected chi connectivity index (χ4v) is 2.58. The molecule has 6 heteroatoms. The summed E-state index contributed by atoms with van der Waals surface area (Å²) in [5.74, 6) is 0.851. The number of hydrogen-bond acceptors (Lipinski definition) is 3. The number of carbonyl (C=O) groups excluding carboxylic acids is 1. The van der Waals surface area contributed by atoms with E-state index >= 15 is 0 Å². The van der Waals surface area contributed by atoms with Gasteiger partial charge in [0.2, 0.25) is 5.91 Å². The number of benzene rings is 1. The molecule has 0 unspecified atom stereocenters. The van der Waals surface area contributed by atoms with Crippen LogP contribution in [0.4, 0.5) is 4.39 Å². The topological polar surface area (TPSA) is 50.4 Å². The van der Waals surface area contributed by atoms with Gasteiger partial charge in [0.05, 0.1) is 18.0 Å². The molecule has 1 aliphatic rings. The Morgan fingerprint density at radius 1 is 1.42 bits per heavy atom. The highest BCUT2D eigenvalue weighted by Gasteiger charge is 2.19. The van der Waals surface area contributed by atoms with Crippen molar-refractivity contribution in [2.45, 2.75) is 38.8 Å². The molecular weight excluding hydrogens is 331 g/mol. The van der Waals surface area contributed by atoms with E-state index in [-0.39, 0.29) is 17.8 Å². The lowest BCUT2D eigenvalue weighted by Gasteiger charge is -2.21. The van der Waals surface area contributed by atoms with Crippen LogP contribution in [0.15, 0.2) is 48.1 Å². The fraction of sp³-hybridized carbons (Fsp3) is 0.389. The minimum Gasteiger partial charge on any atom is -0.467 e. The summed E-state index contributed by atoms with van der Waals surface area (Å²) in [6.45, 7) is 2.19. The van der Waals surface area contributed by atoms with E-state index < -0.39 is 0 Å². The zero-order valence-corrected chi connectivity index (χ0v) is 14.4. The van der Waals surface area contributed by atoms with Crippen LogP contribution in [0.25, 0.3) is 0 Å². The Hall–Kier alpha value is -2.01. The molecule has 2 rings (SSSR count). The first-order valence-electron chi connectivity index (χ1n) is 7.99. The van der Waals surface area contributed by atoms with Crippen LogP contribution in [0.1, 0.15) is 31.7 Å².